The molecule has 0 amide bonds. The lowest BCUT2D eigenvalue weighted by atomic mass is 9.82. The van der Waals surface area contributed by atoms with E-state index in [9.17, 15) is 0 Å². The molecule has 0 N–H and O–H groups in total. The molecule has 0 unspecified atom stereocenters. The highest BCUT2D eigenvalue weighted by Crippen LogP contribution is 2.49. The Kier molecular flexibility index (Phi) is 5.76. The van der Waals surface area contributed by atoms with Crippen molar-refractivity contribution in [1.29, 1.82) is 0 Å². The maximum absolute atomic E-state index is 2.39. The monoisotopic (exact) mass is 630 g/mol. The van der Waals surface area contributed by atoms with Gasteiger partial charge in [-0.1, -0.05) is 170 Å². The van der Waals surface area contributed by atoms with Crippen molar-refractivity contribution in [2.75, 3.05) is 0 Å². The van der Waals surface area contributed by atoms with Crippen molar-refractivity contribution in [1.82, 2.24) is 0 Å². The lowest BCUT2D eigenvalue weighted by Gasteiger charge is -2.21. The van der Waals surface area contributed by atoms with E-state index in [0.717, 1.165) is 0 Å². The molecule has 0 heteroatoms. The first-order valence-corrected chi connectivity index (χ1v) is 17.4. The summed E-state index contributed by atoms with van der Waals surface area (Å²) in [6.45, 7) is 0. The van der Waals surface area contributed by atoms with Gasteiger partial charge >= 0.3 is 0 Å². The Hall–Kier alpha value is -6.50. The SMILES string of the molecule is c1ccc(-c2ccc3cc(-c4c5ccccc5c(-c5ccc6ccc7cccc8ccc5c6c78)c5ccc6ccccc6c45)ccc3c2)cc1. The van der Waals surface area contributed by atoms with Crippen LogP contribution in [0, 0.1) is 0 Å². The Morgan fingerprint density at radius 1 is 0.220 bits per heavy atom. The van der Waals surface area contributed by atoms with Gasteiger partial charge in [0, 0.05) is 0 Å². The van der Waals surface area contributed by atoms with Crippen molar-refractivity contribution in [3.63, 3.8) is 0 Å². The fraction of sp³-hybridized carbons (Fsp3) is 0. The molecule has 0 fully saturated rings. The van der Waals surface area contributed by atoms with Crippen LogP contribution in [0.2, 0.25) is 0 Å². The second kappa shape index (κ2) is 10.5. The second-order valence-electron chi connectivity index (χ2n) is 13.6. The number of benzene rings is 11. The van der Waals surface area contributed by atoms with E-state index >= 15 is 0 Å². The van der Waals surface area contributed by atoms with Crippen molar-refractivity contribution < 1.29 is 0 Å². The Labute approximate surface area is 289 Å². The predicted molar refractivity (Wildman–Crippen MR) is 216 cm³/mol. The summed E-state index contributed by atoms with van der Waals surface area (Å²) in [5.74, 6) is 0. The van der Waals surface area contributed by atoms with Gasteiger partial charge in [0.05, 0.1) is 0 Å². The minimum absolute atomic E-state index is 1.24. The third kappa shape index (κ3) is 3.94. The molecule has 0 atom stereocenters. The zero-order chi connectivity index (χ0) is 32.8. The van der Waals surface area contributed by atoms with Crippen molar-refractivity contribution in [3.8, 4) is 33.4 Å². The van der Waals surface area contributed by atoms with Gasteiger partial charge in [-0.15, -0.1) is 0 Å². The summed E-state index contributed by atoms with van der Waals surface area (Å²) >= 11 is 0. The Morgan fingerprint density at radius 2 is 0.760 bits per heavy atom. The van der Waals surface area contributed by atoms with Crippen molar-refractivity contribution >= 4 is 75.4 Å². The van der Waals surface area contributed by atoms with Gasteiger partial charge in [-0.25, -0.2) is 0 Å². The molecule has 0 nitrogen and oxygen atoms in total. The third-order valence-electron chi connectivity index (χ3n) is 10.9. The van der Waals surface area contributed by atoms with Gasteiger partial charge in [0.25, 0.3) is 0 Å². The van der Waals surface area contributed by atoms with Crippen LogP contribution in [0.3, 0.4) is 0 Å². The van der Waals surface area contributed by atoms with E-state index in [1.54, 1.807) is 0 Å². The quantitative estimate of drug-likeness (QED) is 0.135. The summed E-state index contributed by atoms with van der Waals surface area (Å²) in [7, 11) is 0. The topological polar surface area (TPSA) is 0 Å². The molecule has 50 heavy (non-hydrogen) atoms. The van der Waals surface area contributed by atoms with Crippen LogP contribution in [-0.4, -0.2) is 0 Å². The van der Waals surface area contributed by atoms with Gasteiger partial charge < -0.3 is 0 Å². The maximum Gasteiger partial charge on any atom is -0.00141 e. The van der Waals surface area contributed by atoms with Crippen molar-refractivity contribution in [2.45, 2.75) is 0 Å². The molecule has 0 saturated carbocycles. The lowest BCUT2D eigenvalue weighted by molar-refractivity contribution is 1.64. The maximum atomic E-state index is 2.39. The highest BCUT2D eigenvalue weighted by molar-refractivity contribution is 6.32. The summed E-state index contributed by atoms with van der Waals surface area (Å²) in [6.07, 6.45) is 0. The molecule has 11 rings (SSSR count). The van der Waals surface area contributed by atoms with Crippen LogP contribution in [0.25, 0.3) is 109 Å². The molecule has 11 aromatic carbocycles. The first-order chi connectivity index (χ1) is 24.8. The summed E-state index contributed by atoms with van der Waals surface area (Å²) in [4.78, 5) is 0. The smallest absolute Gasteiger partial charge is 0.00141 e. The summed E-state index contributed by atoms with van der Waals surface area (Å²) in [5.41, 5.74) is 7.60. The van der Waals surface area contributed by atoms with E-state index < -0.39 is 0 Å². The number of rotatable bonds is 3. The van der Waals surface area contributed by atoms with Gasteiger partial charge in [-0.05, 0) is 121 Å². The van der Waals surface area contributed by atoms with Crippen LogP contribution in [0.15, 0.2) is 182 Å². The summed E-state index contributed by atoms with van der Waals surface area (Å²) in [6, 6.07) is 67.7. The van der Waals surface area contributed by atoms with E-state index in [1.807, 2.05) is 0 Å². The average Bonchev–Trinajstić information content (AvgIpc) is 3.19. The van der Waals surface area contributed by atoms with Gasteiger partial charge in [-0.3, -0.25) is 0 Å². The van der Waals surface area contributed by atoms with Crippen LogP contribution < -0.4 is 0 Å². The molecule has 0 aromatic heterocycles. The fourth-order valence-electron chi connectivity index (χ4n) is 8.70. The molecular weight excluding hydrogens is 601 g/mol. The van der Waals surface area contributed by atoms with Crippen molar-refractivity contribution in [3.05, 3.63) is 182 Å². The minimum Gasteiger partial charge on any atom is -0.0622 e. The lowest BCUT2D eigenvalue weighted by Crippen LogP contribution is -1.93. The van der Waals surface area contributed by atoms with Gasteiger partial charge in [0.1, 0.15) is 0 Å². The molecule has 230 valence electrons. The Morgan fingerprint density at radius 3 is 1.56 bits per heavy atom. The van der Waals surface area contributed by atoms with E-state index in [0.29, 0.717) is 0 Å². The minimum atomic E-state index is 1.24. The average molecular weight is 631 g/mol. The summed E-state index contributed by atoms with van der Waals surface area (Å²) in [5, 5.41) is 18.1. The summed E-state index contributed by atoms with van der Waals surface area (Å²) < 4.78 is 0. The molecular formula is C50H30. The number of hydrogen-bond donors (Lipinski definition) is 0. The highest BCUT2D eigenvalue weighted by atomic mass is 14.2. The Bertz CT molecular complexity index is 3110. The molecule has 0 spiro atoms. The Balaban J connectivity index is 1.25. The van der Waals surface area contributed by atoms with E-state index in [4.69, 9.17) is 0 Å². The van der Waals surface area contributed by atoms with Crippen molar-refractivity contribution in [2.24, 2.45) is 0 Å². The van der Waals surface area contributed by atoms with E-state index in [1.165, 1.54) is 109 Å². The fourth-order valence-corrected chi connectivity index (χ4v) is 8.70. The van der Waals surface area contributed by atoms with Crippen LogP contribution in [0.5, 0.6) is 0 Å². The van der Waals surface area contributed by atoms with Gasteiger partial charge in [0.2, 0.25) is 0 Å². The standard InChI is InChI=1S/C50H30/c1-2-9-31(10-3-1)36-19-20-38-30-39(22-21-37(38)29-36)48-41-15-6-7-16-42(41)49(45-28-23-32-11-4-5-14-40(32)50(45)48)44-27-25-35-18-17-33-12-8-13-34-24-26-43(44)47(35)46(33)34/h1-30H. The molecule has 11 aromatic rings. The van der Waals surface area contributed by atoms with E-state index in [-0.39, 0.29) is 0 Å². The van der Waals surface area contributed by atoms with E-state index in [2.05, 4.69) is 182 Å². The largest absolute Gasteiger partial charge is 0.0622 e. The molecule has 0 aliphatic heterocycles. The zero-order valence-electron chi connectivity index (χ0n) is 27.3. The molecule has 0 saturated heterocycles. The van der Waals surface area contributed by atoms with Crippen LogP contribution in [0.4, 0.5) is 0 Å². The molecule has 0 aliphatic carbocycles. The molecule has 0 aliphatic rings. The first-order valence-electron chi connectivity index (χ1n) is 17.4. The third-order valence-corrected chi connectivity index (χ3v) is 10.9. The predicted octanol–water partition coefficient (Wildman–Crippen LogP) is 14.2. The molecule has 0 heterocycles. The van der Waals surface area contributed by atoms with Gasteiger partial charge in [0.15, 0.2) is 0 Å². The number of fused-ring (bicyclic) bond motifs is 5. The first kappa shape index (κ1) is 27.5. The molecule has 0 bridgehead atoms. The number of hydrogen-bond acceptors (Lipinski definition) is 0. The normalized spacial score (nSPS) is 12.0. The van der Waals surface area contributed by atoms with Crippen LogP contribution in [-0.2, 0) is 0 Å². The van der Waals surface area contributed by atoms with Crippen LogP contribution >= 0.6 is 0 Å². The second-order valence-corrected chi connectivity index (χ2v) is 13.6. The molecule has 0 radical (unpaired) electrons. The van der Waals surface area contributed by atoms with Crippen LogP contribution in [0.1, 0.15) is 0 Å². The van der Waals surface area contributed by atoms with Gasteiger partial charge in [-0.2, -0.15) is 0 Å². The zero-order valence-corrected chi connectivity index (χ0v) is 27.3. The highest BCUT2D eigenvalue weighted by Gasteiger charge is 2.21.